The van der Waals surface area contributed by atoms with Crippen molar-refractivity contribution in [3.8, 4) is 0 Å². The van der Waals surface area contributed by atoms with Crippen molar-refractivity contribution in [2.75, 3.05) is 4.72 Å². The SMILES string of the molecule is Cc1c(Br)cccc1NS(=O)(=O)c1cc(CN)sc1Br. The van der Waals surface area contributed by atoms with Gasteiger partial charge in [-0.15, -0.1) is 11.3 Å². The zero-order valence-electron chi connectivity index (χ0n) is 10.5. The Labute approximate surface area is 138 Å². The van der Waals surface area contributed by atoms with E-state index in [-0.39, 0.29) is 4.90 Å². The molecule has 3 N–H and O–H groups in total. The summed E-state index contributed by atoms with van der Waals surface area (Å²) in [5.74, 6) is 0. The van der Waals surface area contributed by atoms with Crippen LogP contribution in [-0.4, -0.2) is 8.42 Å². The van der Waals surface area contributed by atoms with Gasteiger partial charge in [0.1, 0.15) is 4.90 Å². The van der Waals surface area contributed by atoms with Gasteiger partial charge in [0.2, 0.25) is 0 Å². The average Bonchev–Trinajstić information content (AvgIpc) is 2.77. The number of rotatable bonds is 4. The lowest BCUT2D eigenvalue weighted by Crippen LogP contribution is -2.13. The molecule has 20 heavy (non-hydrogen) atoms. The second-order valence-corrected chi connectivity index (χ2v) is 9.03. The highest BCUT2D eigenvalue weighted by Gasteiger charge is 2.21. The normalized spacial score (nSPS) is 11.6. The van der Waals surface area contributed by atoms with Crippen LogP contribution in [-0.2, 0) is 16.6 Å². The highest BCUT2D eigenvalue weighted by Crippen LogP contribution is 2.33. The van der Waals surface area contributed by atoms with E-state index in [1.54, 1.807) is 18.2 Å². The fourth-order valence-electron chi connectivity index (χ4n) is 1.60. The quantitative estimate of drug-likeness (QED) is 0.759. The number of hydrogen-bond acceptors (Lipinski definition) is 4. The maximum absolute atomic E-state index is 12.4. The Morgan fingerprint density at radius 1 is 1.35 bits per heavy atom. The summed E-state index contributed by atoms with van der Waals surface area (Å²) < 4.78 is 28.9. The maximum Gasteiger partial charge on any atom is 0.263 e. The molecule has 0 saturated heterocycles. The van der Waals surface area contributed by atoms with E-state index >= 15 is 0 Å². The van der Waals surface area contributed by atoms with Crippen molar-refractivity contribution in [2.45, 2.75) is 18.4 Å². The predicted octanol–water partition coefficient (Wildman–Crippen LogP) is 3.84. The van der Waals surface area contributed by atoms with Gasteiger partial charge < -0.3 is 5.73 Å². The molecule has 0 saturated carbocycles. The van der Waals surface area contributed by atoms with Gasteiger partial charge >= 0.3 is 0 Å². The van der Waals surface area contributed by atoms with Crippen LogP contribution < -0.4 is 10.5 Å². The summed E-state index contributed by atoms with van der Waals surface area (Å²) in [6, 6.07) is 6.95. The molecular formula is C12H12Br2N2O2S2. The minimum atomic E-state index is -3.64. The molecule has 2 rings (SSSR count). The Morgan fingerprint density at radius 3 is 2.65 bits per heavy atom. The van der Waals surface area contributed by atoms with Gasteiger partial charge in [0.15, 0.2) is 0 Å². The average molecular weight is 440 g/mol. The molecule has 0 unspecified atom stereocenters. The predicted molar refractivity (Wildman–Crippen MR) is 89.6 cm³/mol. The van der Waals surface area contributed by atoms with Gasteiger partial charge in [-0.05, 0) is 46.6 Å². The van der Waals surface area contributed by atoms with Crippen molar-refractivity contribution in [2.24, 2.45) is 5.73 Å². The largest absolute Gasteiger partial charge is 0.326 e. The highest BCUT2D eigenvalue weighted by molar-refractivity contribution is 9.11. The monoisotopic (exact) mass is 438 g/mol. The number of halogens is 2. The molecule has 8 heteroatoms. The van der Waals surface area contributed by atoms with Crippen LogP contribution in [0.4, 0.5) is 5.69 Å². The van der Waals surface area contributed by atoms with Gasteiger partial charge in [-0.25, -0.2) is 8.42 Å². The van der Waals surface area contributed by atoms with Gasteiger partial charge in [0, 0.05) is 15.9 Å². The van der Waals surface area contributed by atoms with E-state index < -0.39 is 10.0 Å². The minimum Gasteiger partial charge on any atom is -0.326 e. The summed E-state index contributed by atoms with van der Waals surface area (Å²) in [5.41, 5.74) is 6.92. The first-order valence-electron chi connectivity index (χ1n) is 5.61. The lowest BCUT2D eigenvalue weighted by molar-refractivity contribution is 0.601. The summed E-state index contributed by atoms with van der Waals surface area (Å²) >= 11 is 7.98. The molecule has 0 aliphatic rings. The summed E-state index contributed by atoms with van der Waals surface area (Å²) in [4.78, 5) is 1.02. The van der Waals surface area contributed by atoms with E-state index in [1.165, 1.54) is 11.3 Å². The van der Waals surface area contributed by atoms with Gasteiger partial charge in [0.05, 0.1) is 9.47 Å². The van der Waals surface area contributed by atoms with E-state index in [2.05, 4.69) is 36.6 Å². The fraction of sp³-hybridized carbons (Fsp3) is 0.167. The number of hydrogen-bond donors (Lipinski definition) is 2. The number of nitrogens with one attached hydrogen (secondary N) is 1. The molecule has 4 nitrogen and oxygen atoms in total. The van der Waals surface area contributed by atoms with Crippen molar-refractivity contribution in [3.05, 3.63) is 43.0 Å². The van der Waals surface area contributed by atoms with Crippen LogP contribution in [0.5, 0.6) is 0 Å². The van der Waals surface area contributed by atoms with Crippen molar-refractivity contribution in [3.63, 3.8) is 0 Å². The summed E-state index contributed by atoms with van der Waals surface area (Å²) in [7, 11) is -3.64. The zero-order valence-corrected chi connectivity index (χ0v) is 15.3. The minimum absolute atomic E-state index is 0.210. The molecule has 0 bridgehead atoms. The Balaban J connectivity index is 2.40. The van der Waals surface area contributed by atoms with Crippen LogP contribution in [0.3, 0.4) is 0 Å². The molecule has 108 valence electrons. The van der Waals surface area contributed by atoms with E-state index in [0.29, 0.717) is 16.0 Å². The van der Waals surface area contributed by atoms with Gasteiger partial charge in [-0.3, -0.25) is 4.72 Å². The summed E-state index contributed by atoms with van der Waals surface area (Å²) in [6.45, 7) is 2.16. The van der Waals surface area contributed by atoms with E-state index in [1.807, 2.05) is 13.0 Å². The molecule has 0 atom stereocenters. The standard InChI is InChI=1S/C12H12Br2N2O2S2/c1-7-9(13)3-2-4-10(7)16-20(17,18)11-5-8(6-15)19-12(11)14/h2-5,16H,6,15H2,1H3. The molecule has 0 radical (unpaired) electrons. The molecule has 1 heterocycles. The third kappa shape index (κ3) is 3.25. The second-order valence-electron chi connectivity index (χ2n) is 4.07. The summed E-state index contributed by atoms with van der Waals surface area (Å²) in [6.07, 6.45) is 0. The first kappa shape index (κ1) is 16.0. The first-order chi connectivity index (χ1) is 9.35. The number of anilines is 1. The molecule has 1 aromatic heterocycles. The van der Waals surface area contributed by atoms with Crippen LogP contribution in [0, 0.1) is 6.92 Å². The van der Waals surface area contributed by atoms with Crippen molar-refractivity contribution < 1.29 is 8.42 Å². The number of benzene rings is 1. The third-order valence-electron chi connectivity index (χ3n) is 2.71. The van der Waals surface area contributed by atoms with Crippen LogP contribution in [0.2, 0.25) is 0 Å². The van der Waals surface area contributed by atoms with Crippen LogP contribution in [0.25, 0.3) is 0 Å². The van der Waals surface area contributed by atoms with Crippen LogP contribution >= 0.6 is 43.2 Å². The van der Waals surface area contributed by atoms with E-state index in [4.69, 9.17) is 5.73 Å². The van der Waals surface area contributed by atoms with Crippen molar-refractivity contribution in [1.29, 1.82) is 0 Å². The number of nitrogens with two attached hydrogens (primary N) is 1. The highest BCUT2D eigenvalue weighted by atomic mass is 79.9. The Kier molecular flexibility index (Phi) is 4.91. The molecule has 2 aromatic rings. The molecule has 0 fully saturated rings. The van der Waals surface area contributed by atoms with Crippen LogP contribution in [0.1, 0.15) is 10.4 Å². The van der Waals surface area contributed by atoms with Gasteiger partial charge in [0.25, 0.3) is 10.0 Å². The zero-order chi connectivity index (χ0) is 14.9. The first-order valence-corrected chi connectivity index (χ1v) is 9.50. The summed E-state index contributed by atoms with van der Waals surface area (Å²) in [5, 5.41) is 0. The Morgan fingerprint density at radius 2 is 2.05 bits per heavy atom. The lowest BCUT2D eigenvalue weighted by Gasteiger charge is -2.11. The molecule has 0 spiro atoms. The molecule has 0 amide bonds. The topological polar surface area (TPSA) is 72.2 Å². The van der Waals surface area contributed by atoms with Crippen molar-refractivity contribution in [1.82, 2.24) is 0 Å². The molecule has 0 aliphatic heterocycles. The molecule has 1 aromatic carbocycles. The Hall–Kier alpha value is -0.410. The maximum atomic E-state index is 12.4. The second kappa shape index (κ2) is 6.15. The van der Waals surface area contributed by atoms with E-state index in [9.17, 15) is 8.42 Å². The lowest BCUT2D eigenvalue weighted by atomic mass is 10.2. The Bertz CT molecular complexity index is 742. The van der Waals surface area contributed by atoms with Gasteiger partial charge in [-0.2, -0.15) is 0 Å². The third-order valence-corrected chi connectivity index (χ3v) is 7.21. The van der Waals surface area contributed by atoms with Crippen molar-refractivity contribution >= 4 is 58.9 Å². The van der Waals surface area contributed by atoms with E-state index in [0.717, 1.165) is 14.9 Å². The smallest absolute Gasteiger partial charge is 0.263 e. The van der Waals surface area contributed by atoms with Crippen LogP contribution in [0.15, 0.2) is 37.4 Å². The number of sulfonamides is 1. The molecular weight excluding hydrogens is 428 g/mol. The molecule has 0 aliphatic carbocycles. The van der Waals surface area contributed by atoms with Gasteiger partial charge in [-0.1, -0.05) is 22.0 Å². The number of thiophene rings is 1. The fourth-order valence-corrected chi connectivity index (χ4v) is 5.65.